The minimum absolute atomic E-state index is 0.567. The van der Waals surface area contributed by atoms with Crippen LogP contribution >= 0.6 is 0 Å². The largest absolute Gasteiger partial charge is 0.465 e. The van der Waals surface area contributed by atoms with Gasteiger partial charge in [-0.25, -0.2) is 0 Å². The number of azo groups is 1. The van der Waals surface area contributed by atoms with E-state index in [1.165, 1.54) is 0 Å². The van der Waals surface area contributed by atoms with Crippen molar-refractivity contribution < 1.29 is 9.84 Å². The molecule has 0 aliphatic carbocycles. The number of rotatable bonds is 4. The molecule has 0 fully saturated rings. The van der Waals surface area contributed by atoms with Gasteiger partial charge in [-0.2, -0.15) is 15.5 Å². The van der Waals surface area contributed by atoms with E-state index in [4.69, 9.17) is 15.1 Å². The molecule has 0 bridgehead atoms. The van der Waals surface area contributed by atoms with E-state index in [2.05, 4.69) is 10.2 Å². The summed E-state index contributed by atoms with van der Waals surface area (Å²) in [4.78, 5) is 0. The first kappa shape index (κ1) is 13.7. The van der Waals surface area contributed by atoms with Crippen molar-refractivity contribution in [2.24, 2.45) is 10.2 Å². The molecular weight excluding hydrogens is 254 g/mol. The molecule has 0 aliphatic heterocycles. The van der Waals surface area contributed by atoms with Gasteiger partial charge in [0, 0.05) is 0 Å². The van der Waals surface area contributed by atoms with Crippen molar-refractivity contribution in [2.45, 2.75) is 13.2 Å². The number of ether oxygens (including phenoxy) is 1. The first-order valence-electron chi connectivity index (χ1n) is 6.04. The van der Waals surface area contributed by atoms with Gasteiger partial charge in [0.2, 0.25) is 0 Å². The highest BCUT2D eigenvalue weighted by atomic mass is 16.6. The van der Waals surface area contributed by atoms with E-state index in [-0.39, 0.29) is 0 Å². The van der Waals surface area contributed by atoms with Gasteiger partial charge in [-0.3, -0.25) is 0 Å². The summed E-state index contributed by atoms with van der Waals surface area (Å²) in [5, 5.41) is 25.9. The van der Waals surface area contributed by atoms with Crippen molar-refractivity contribution in [3.63, 3.8) is 0 Å². The number of aliphatic hydroxyl groups is 1. The first-order chi connectivity index (χ1) is 9.67. The van der Waals surface area contributed by atoms with Gasteiger partial charge < -0.3 is 9.84 Å². The zero-order valence-electron chi connectivity index (χ0n) is 10.9. The molecule has 2 aromatic carbocycles. The molecule has 0 radical (unpaired) electrons. The van der Waals surface area contributed by atoms with E-state index in [0.717, 1.165) is 0 Å². The van der Waals surface area contributed by atoms with Gasteiger partial charge in [0.15, 0.2) is 6.29 Å². The Hall–Kier alpha value is -2.71. The predicted molar refractivity (Wildman–Crippen MR) is 74.1 cm³/mol. The third kappa shape index (κ3) is 3.90. The zero-order valence-corrected chi connectivity index (χ0v) is 10.9. The maximum absolute atomic E-state index is 9.08. The van der Waals surface area contributed by atoms with Crippen LogP contribution < -0.4 is 4.74 Å². The quantitative estimate of drug-likeness (QED) is 0.677. The summed E-state index contributed by atoms with van der Waals surface area (Å²) in [5.74, 6) is 0.567. The second-order valence-electron chi connectivity index (χ2n) is 4.07. The topological polar surface area (TPSA) is 78.0 Å². The van der Waals surface area contributed by atoms with E-state index >= 15 is 0 Å². The van der Waals surface area contributed by atoms with E-state index in [1.807, 2.05) is 6.07 Å². The van der Waals surface area contributed by atoms with Gasteiger partial charge in [0.1, 0.15) is 5.75 Å². The van der Waals surface area contributed by atoms with E-state index < -0.39 is 6.29 Å². The SMILES string of the molecule is CC(O)Oc1ccc(N=Nc2ccc(C#N)cc2)cc1. The highest BCUT2D eigenvalue weighted by Gasteiger charge is 1.98. The summed E-state index contributed by atoms with van der Waals surface area (Å²) in [6.07, 6.45) is -0.846. The average Bonchev–Trinajstić information content (AvgIpc) is 2.46. The number of aliphatic hydroxyl groups excluding tert-OH is 1. The number of nitrogens with zero attached hydrogens (tertiary/aromatic N) is 3. The Kier molecular flexibility index (Phi) is 4.43. The molecule has 0 heterocycles. The fourth-order valence-electron chi connectivity index (χ4n) is 1.51. The third-order valence-electron chi connectivity index (χ3n) is 2.42. The second-order valence-corrected chi connectivity index (χ2v) is 4.07. The molecular formula is C15H13N3O2. The second kappa shape index (κ2) is 6.45. The maximum Gasteiger partial charge on any atom is 0.194 e. The van der Waals surface area contributed by atoms with Crippen LogP contribution in [0.5, 0.6) is 5.75 Å². The van der Waals surface area contributed by atoms with Crippen LogP contribution in [0.2, 0.25) is 0 Å². The van der Waals surface area contributed by atoms with Crippen LogP contribution in [0.3, 0.4) is 0 Å². The molecule has 5 nitrogen and oxygen atoms in total. The molecule has 0 saturated heterocycles. The summed E-state index contributed by atoms with van der Waals surface area (Å²) in [5.41, 5.74) is 1.93. The minimum atomic E-state index is -0.846. The lowest BCUT2D eigenvalue weighted by Gasteiger charge is -2.07. The molecule has 1 unspecified atom stereocenters. The van der Waals surface area contributed by atoms with E-state index in [1.54, 1.807) is 55.5 Å². The number of hydrogen-bond donors (Lipinski definition) is 1. The summed E-state index contributed by atoms with van der Waals surface area (Å²) < 4.78 is 5.11. The van der Waals surface area contributed by atoms with Crippen LogP contribution in [-0.2, 0) is 0 Å². The Bertz CT molecular complexity index is 626. The van der Waals surface area contributed by atoms with Crippen molar-refractivity contribution >= 4 is 11.4 Å². The van der Waals surface area contributed by atoms with E-state index in [0.29, 0.717) is 22.7 Å². The Morgan fingerprint density at radius 1 is 1.00 bits per heavy atom. The molecule has 0 spiro atoms. The normalized spacial score (nSPS) is 12.1. The van der Waals surface area contributed by atoms with Crippen molar-refractivity contribution in [1.29, 1.82) is 5.26 Å². The highest BCUT2D eigenvalue weighted by Crippen LogP contribution is 2.21. The number of benzene rings is 2. The van der Waals surface area contributed by atoms with Crippen LogP contribution in [0.15, 0.2) is 58.8 Å². The smallest absolute Gasteiger partial charge is 0.194 e. The molecule has 0 aromatic heterocycles. The van der Waals surface area contributed by atoms with Crippen LogP contribution in [0.4, 0.5) is 11.4 Å². The predicted octanol–water partition coefficient (Wildman–Crippen LogP) is 3.69. The van der Waals surface area contributed by atoms with Gasteiger partial charge in [0.25, 0.3) is 0 Å². The highest BCUT2D eigenvalue weighted by molar-refractivity contribution is 5.44. The van der Waals surface area contributed by atoms with Gasteiger partial charge in [-0.15, -0.1) is 0 Å². The Morgan fingerprint density at radius 3 is 1.95 bits per heavy atom. The van der Waals surface area contributed by atoms with Gasteiger partial charge in [-0.1, -0.05) is 0 Å². The van der Waals surface area contributed by atoms with Crippen LogP contribution in [-0.4, -0.2) is 11.4 Å². The van der Waals surface area contributed by atoms with Crippen molar-refractivity contribution in [3.05, 3.63) is 54.1 Å². The summed E-state index contributed by atoms with van der Waals surface area (Å²) >= 11 is 0. The van der Waals surface area contributed by atoms with Crippen molar-refractivity contribution in [1.82, 2.24) is 0 Å². The first-order valence-corrected chi connectivity index (χ1v) is 6.04. The Labute approximate surface area is 116 Å². The molecule has 2 aromatic rings. The average molecular weight is 267 g/mol. The van der Waals surface area contributed by atoms with Gasteiger partial charge in [-0.05, 0) is 55.5 Å². The van der Waals surface area contributed by atoms with Crippen molar-refractivity contribution in [2.75, 3.05) is 0 Å². The summed E-state index contributed by atoms with van der Waals surface area (Å²) in [7, 11) is 0. The molecule has 0 amide bonds. The summed E-state index contributed by atoms with van der Waals surface area (Å²) in [6, 6.07) is 15.8. The monoisotopic (exact) mass is 267 g/mol. The molecule has 20 heavy (non-hydrogen) atoms. The van der Waals surface area contributed by atoms with Crippen LogP contribution in [0.1, 0.15) is 12.5 Å². The fourth-order valence-corrected chi connectivity index (χ4v) is 1.51. The molecule has 100 valence electrons. The van der Waals surface area contributed by atoms with Gasteiger partial charge in [0.05, 0.1) is 23.0 Å². The molecule has 1 N–H and O–H groups in total. The lowest BCUT2D eigenvalue weighted by molar-refractivity contribution is -0.000283. The van der Waals surface area contributed by atoms with Crippen molar-refractivity contribution in [3.8, 4) is 11.8 Å². The molecule has 2 rings (SSSR count). The standard InChI is InChI=1S/C15H13N3O2/c1-11(19)20-15-8-6-14(7-9-15)18-17-13-4-2-12(10-16)3-5-13/h2-9,11,19H,1H3. The number of hydrogen-bond acceptors (Lipinski definition) is 5. The molecule has 0 aliphatic rings. The fraction of sp³-hybridized carbons (Fsp3) is 0.133. The third-order valence-corrected chi connectivity index (χ3v) is 2.42. The summed E-state index contributed by atoms with van der Waals surface area (Å²) in [6.45, 7) is 1.54. The Morgan fingerprint density at radius 2 is 1.50 bits per heavy atom. The van der Waals surface area contributed by atoms with Crippen LogP contribution in [0.25, 0.3) is 0 Å². The minimum Gasteiger partial charge on any atom is -0.465 e. The number of nitriles is 1. The molecule has 1 atom stereocenters. The van der Waals surface area contributed by atoms with Gasteiger partial charge >= 0.3 is 0 Å². The van der Waals surface area contributed by atoms with Crippen LogP contribution in [0, 0.1) is 11.3 Å². The lowest BCUT2D eigenvalue weighted by Crippen LogP contribution is -2.09. The Balaban J connectivity index is 2.05. The molecule has 0 saturated carbocycles. The lowest BCUT2D eigenvalue weighted by atomic mass is 10.2. The maximum atomic E-state index is 9.08. The molecule has 5 heteroatoms. The van der Waals surface area contributed by atoms with E-state index in [9.17, 15) is 0 Å². The zero-order chi connectivity index (χ0) is 14.4.